The Bertz CT molecular complexity index is 973. The van der Waals surface area contributed by atoms with Crippen LogP contribution in [0.4, 0.5) is 5.69 Å². The molecule has 0 saturated heterocycles. The molecule has 3 aliphatic rings. The van der Waals surface area contributed by atoms with Crippen LogP contribution in [0.15, 0.2) is 40.0 Å². The molecule has 8 heteroatoms. The average molecular weight is 474 g/mol. The van der Waals surface area contributed by atoms with Gasteiger partial charge in [-0.2, -0.15) is 5.10 Å². The molecule has 1 amide bonds. The van der Waals surface area contributed by atoms with Crippen LogP contribution in [-0.4, -0.2) is 27.2 Å². The van der Waals surface area contributed by atoms with Crippen molar-refractivity contribution < 1.29 is 4.79 Å². The second-order valence-electron chi connectivity index (χ2n) is 9.05. The highest BCUT2D eigenvalue weighted by Gasteiger charge is 2.53. The predicted molar refractivity (Wildman–Crippen MR) is 119 cm³/mol. The van der Waals surface area contributed by atoms with E-state index in [0.717, 1.165) is 23.9 Å². The van der Waals surface area contributed by atoms with Gasteiger partial charge in [0, 0.05) is 25.5 Å². The van der Waals surface area contributed by atoms with E-state index in [1.165, 1.54) is 23.9 Å². The van der Waals surface area contributed by atoms with Crippen LogP contribution < -0.4 is 16.2 Å². The number of amides is 1. The molecule has 2 bridgehead atoms. The highest BCUT2D eigenvalue weighted by Crippen LogP contribution is 2.61. The van der Waals surface area contributed by atoms with E-state index in [0.29, 0.717) is 28.0 Å². The monoisotopic (exact) mass is 473 g/mol. The lowest BCUT2D eigenvalue weighted by Gasteiger charge is -2.60. The molecule has 2 heterocycles. The number of carbonyl (C=O) groups is 1. The fourth-order valence-corrected chi connectivity index (χ4v) is 5.49. The Hall–Kier alpha value is -2.22. The van der Waals surface area contributed by atoms with Gasteiger partial charge < -0.3 is 10.6 Å². The third-order valence-corrected chi connectivity index (χ3v) is 7.84. The first kappa shape index (κ1) is 21.0. The van der Waals surface area contributed by atoms with Crippen molar-refractivity contribution in [2.75, 3.05) is 11.9 Å². The molecule has 0 spiro atoms. The van der Waals surface area contributed by atoms with Crippen molar-refractivity contribution in [3.8, 4) is 0 Å². The summed E-state index contributed by atoms with van der Waals surface area (Å²) in [6.07, 6.45) is 8.84. The summed E-state index contributed by atoms with van der Waals surface area (Å²) < 4.78 is 1.60. The smallest absolute Gasteiger partial charge is 0.283 e. The summed E-state index contributed by atoms with van der Waals surface area (Å²) in [5.41, 5.74) is 1.76. The lowest BCUT2D eigenvalue weighted by Crippen LogP contribution is -2.53. The number of nitrogens with zero attached hydrogens (tertiary/aromatic N) is 3. The molecule has 3 atom stereocenters. The minimum absolute atomic E-state index is 0.122. The standard InChI is InChI=1S/C22H28BrN5O2/c1-22(2)16-4-3-15(17(22)9-16)11-25-18-12-27-28(21(30)20(18)23)13-19(29)26-10-14-5-7-24-8-6-14/h5-8,12,15-17,25H,3-4,9-11,13H2,1-2H3,(H,26,29)/t15-,16-,17-/m0/s1. The molecule has 0 radical (unpaired) electrons. The van der Waals surface area contributed by atoms with E-state index in [-0.39, 0.29) is 18.0 Å². The largest absolute Gasteiger partial charge is 0.382 e. The summed E-state index contributed by atoms with van der Waals surface area (Å²) in [5, 5.41) is 10.4. The molecule has 7 nitrogen and oxygen atoms in total. The van der Waals surface area contributed by atoms with Gasteiger partial charge in [-0.3, -0.25) is 14.6 Å². The van der Waals surface area contributed by atoms with Crippen molar-refractivity contribution in [1.29, 1.82) is 0 Å². The highest BCUT2D eigenvalue weighted by molar-refractivity contribution is 9.10. The summed E-state index contributed by atoms with van der Waals surface area (Å²) in [7, 11) is 0. The Morgan fingerprint density at radius 2 is 2.07 bits per heavy atom. The van der Waals surface area contributed by atoms with Crippen LogP contribution in [0.2, 0.25) is 0 Å². The van der Waals surface area contributed by atoms with Gasteiger partial charge in [0.05, 0.1) is 11.9 Å². The number of halogens is 1. The molecule has 5 rings (SSSR count). The number of nitrogens with one attached hydrogen (secondary N) is 2. The number of pyridine rings is 1. The second-order valence-corrected chi connectivity index (χ2v) is 9.84. The molecule has 2 aromatic rings. The number of hydrogen-bond donors (Lipinski definition) is 2. The van der Waals surface area contributed by atoms with E-state index >= 15 is 0 Å². The Labute approximate surface area is 184 Å². The molecule has 2 N–H and O–H groups in total. The predicted octanol–water partition coefficient (Wildman–Crippen LogP) is 3.20. The molecule has 3 saturated carbocycles. The van der Waals surface area contributed by atoms with Gasteiger partial charge in [0.25, 0.3) is 5.56 Å². The van der Waals surface area contributed by atoms with Crippen LogP contribution >= 0.6 is 15.9 Å². The van der Waals surface area contributed by atoms with Crippen molar-refractivity contribution in [2.45, 2.75) is 46.2 Å². The first-order chi connectivity index (χ1) is 14.4. The quantitative estimate of drug-likeness (QED) is 0.644. The zero-order chi connectivity index (χ0) is 21.3. The third-order valence-electron chi connectivity index (χ3n) is 7.07. The molecule has 0 aromatic carbocycles. The van der Waals surface area contributed by atoms with E-state index in [9.17, 15) is 9.59 Å². The van der Waals surface area contributed by atoms with E-state index in [2.05, 4.69) is 50.5 Å². The second kappa shape index (κ2) is 8.49. The van der Waals surface area contributed by atoms with Crippen LogP contribution in [-0.2, 0) is 17.9 Å². The Morgan fingerprint density at radius 1 is 1.30 bits per heavy atom. The first-order valence-corrected chi connectivity index (χ1v) is 11.3. The zero-order valence-electron chi connectivity index (χ0n) is 17.4. The van der Waals surface area contributed by atoms with Crippen LogP contribution in [0.5, 0.6) is 0 Å². The molecule has 3 fully saturated rings. The fraction of sp³-hybridized carbons (Fsp3) is 0.545. The molecule has 2 aromatic heterocycles. The maximum absolute atomic E-state index is 12.7. The Morgan fingerprint density at radius 3 is 2.77 bits per heavy atom. The fourth-order valence-electron chi connectivity index (χ4n) is 5.04. The van der Waals surface area contributed by atoms with Gasteiger partial charge in [-0.1, -0.05) is 13.8 Å². The summed E-state index contributed by atoms with van der Waals surface area (Å²) in [6.45, 7) is 5.88. The number of anilines is 1. The lowest BCUT2D eigenvalue weighted by atomic mass is 9.45. The van der Waals surface area contributed by atoms with Crippen molar-refractivity contribution in [2.24, 2.45) is 23.2 Å². The van der Waals surface area contributed by atoms with Gasteiger partial charge in [-0.15, -0.1) is 0 Å². The van der Waals surface area contributed by atoms with Crippen LogP contribution in [0, 0.1) is 23.2 Å². The van der Waals surface area contributed by atoms with Gasteiger partial charge in [0.1, 0.15) is 11.0 Å². The molecule has 0 unspecified atom stereocenters. The number of rotatable bonds is 7. The summed E-state index contributed by atoms with van der Waals surface area (Å²) in [6, 6.07) is 3.66. The van der Waals surface area contributed by atoms with Gasteiger partial charge >= 0.3 is 0 Å². The van der Waals surface area contributed by atoms with Crippen LogP contribution in [0.3, 0.4) is 0 Å². The third kappa shape index (κ3) is 4.15. The van der Waals surface area contributed by atoms with E-state index in [1.54, 1.807) is 18.6 Å². The van der Waals surface area contributed by atoms with Crippen molar-refractivity contribution in [1.82, 2.24) is 20.1 Å². The summed E-state index contributed by atoms with van der Waals surface area (Å²) in [4.78, 5) is 28.8. The maximum Gasteiger partial charge on any atom is 0.283 e. The van der Waals surface area contributed by atoms with Crippen LogP contribution in [0.25, 0.3) is 0 Å². The minimum Gasteiger partial charge on any atom is -0.382 e. The SMILES string of the molecule is CC1(C)[C@H]2CC[C@@H](CNc3cnn(CC(=O)NCc4ccncc4)c(=O)c3Br)[C@@H]1C2. The van der Waals surface area contributed by atoms with Gasteiger partial charge in [0.15, 0.2) is 0 Å². The van der Waals surface area contributed by atoms with Crippen molar-refractivity contribution >= 4 is 27.5 Å². The Kier molecular flexibility index (Phi) is 5.95. The summed E-state index contributed by atoms with van der Waals surface area (Å²) >= 11 is 3.39. The maximum atomic E-state index is 12.7. The highest BCUT2D eigenvalue weighted by atomic mass is 79.9. The van der Waals surface area contributed by atoms with Crippen molar-refractivity contribution in [3.63, 3.8) is 0 Å². The molecular formula is C22H28BrN5O2. The minimum atomic E-state index is -0.313. The van der Waals surface area contributed by atoms with E-state index in [1.807, 2.05) is 12.1 Å². The number of hydrogen-bond acceptors (Lipinski definition) is 5. The van der Waals surface area contributed by atoms with E-state index < -0.39 is 0 Å². The number of aromatic nitrogens is 3. The van der Waals surface area contributed by atoms with Gasteiger partial charge in [-0.25, -0.2) is 4.68 Å². The number of fused-ring (bicyclic) bond motifs is 2. The zero-order valence-corrected chi connectivity index (χ0v) is 19.0. The normalized spacial score (nSPS) is 24.0. The van der Waals surface area contributed by atoms with Gasteiger partial charge in [-0.05, 0) is 76.1 Å². The van der Waals surface area contributed by atoms with Crippen molar-refractivity contribution in [3.05, 3.63) is 51.1 Å². The Balaban J connectivity index is 1.34. The van der Waals surface area contributed by atoms with Gasteiger partial charge in [0.2, 0.25) is 5.91 Å². The molecule has 3 aliphatic carbocycles. The van der Waals surface area contributed by atoms with Crippen LogP contribution in [0.1, 0.15) is 38.7 Å². The van der Waals surface area contributed by atoms with E-state index in [4.69, 9.17) is 0 Å². The number of carbonyl (C=O) groups excluding carboxylic acids is 1. The first-order valence-electron chi connectivity index (χ1n) is 10.5. The molecular weight excluding hydrogens is 446 g/mol. The summed E-state index contributed by atoms with van der Waals surface area (Å²) in [5.74, 6) is 1.98. The lowest BCUT2D eigenvalue weighted by molar-refractivity contribution is -0.122. The molecule has 30 heavy (non-hydrogen) atoms. The average Bonchev–Trinajstić information content (AvgIpc) is 2.75. The topological polar surface area (TPSA) is 88.9 Å². The molecule has 0 aliphatic heterocycles. The molecule has 160 valence electrons.